The minimum atomic E-state index is -3.76. The van der Waals surface area contributed by atoms with E-state index >= 15 is 0 Å². The number of rotatable bonds is 5. The fourth-order valence-corrected chi connectivity index (χ4v) is 2.25. The van der Waals surface area contributed by atoms with Crippen LogP contribution in [0.4, 0.5) is 11.4 Å². The molecule has 0 spiro atoms. The summed E-state index contributed by atoms with van der Waals surface area (Å²) in [6.07, 6.45) is 1.72. The van der Waals surface area contributed by atoms with E-state index < -0.39 is 10.2 Å². The molecule has 0 saturated carbocycles. The molecule has 0 radical (unpaired) electrons. The smallest absolute Gasteiger partial charge is 0.296 e. The number of anilines is 2. The average Bonchev–Trinajstić information content (AvgIpc) is 2.36. The van der Waals surface area contributed by atoms with Crippen LogP contribution in [-0.4, -0.2) is 13.4 Å². The summed E-state index contributed by atoms with van der Waals surface area (Å²) in [6.45, 7) is 0.534. The van der Waals surface area contributed by atoms with Crippen molar-refractivity contribution in [2.75, 3.05) is 10.0 Å². The topological polar surface area (TPSA) is 97.1 Å². The normalized spacial score (nSPS) is 11.1. The zero-order valence-electron chi connectivity index (χ0n) is 10.4. The zero-order valence-corrected chi connectivity index (χ0v) is 12.8. The molecule has 8 heteroatoms. The Kier molecular flexibility index (Phi) is 4.58. The minimum Gasteiger partial charge on any atom is -0.379 e. The molecule has 1 heterocycles. The highest BCUT2D eigenvalue weighted by molar-refractivity contribution is 9.10. The molecule has 0 atom stereocenters. The van der Waals surface area contributed by atoms with Gasteiger partial charge in [-0.1, -0.05) is 6.07 Å². The first-order chi connectivity index (χ1) is 9.42. The number of benzene rings is 1. The minimum absolute atomic E-state index is 0.404. The van der Waals surface area contributed by atoms with Gasteiger partial charge < -0.3 is 5.32 Å². The summed E-state index contributed by atoms with van der Waals surface area (Å²) in [5, 5.41) is 8.08. The third-order valence-electron chi connectivity index (χ3n) is 2.38. The van der Waals surface area contributed by atoms with Crippen molar-refractivity contribution >= 4 is 37.5 Å². The van der Waals surface area contributed by atoms with Gasteiger partial charge in [-0.05, 0) is 46.3 Å². The highest BCUT2D eigenvalue weighted by Gasteiger charge is 2.03. The Morgan fingerprint density at radius 1 is 1.20 bits per heavy atom. The lowest BCUT2D eigenvalue weighted by molar-refractivity contribution is 0.603. The van der Waals surface area contributed by atoms with Crippen molar-refractivity contribution in [2.45, 2.75) is 6.54 Å². The molecule has 0 unspecified atom stereocenters. The van der Waals surface area contributed by atoms with Crippen LogP contribution in [0.5, 0.6) is 0 Å². The molecule has 2 aromatic rings. The molecule has 4 N–H and O–H groups in total. The van der Waals surface area contributed by atoms with E-state index in [-0.39, 0.29) is 0 Å². The summed E-state index contributed by atoms with van der Waals surface area (Å²) < 4.78 is 25.0. The van der Waals surface area contributed by atoms with Crippen molar-refractivity contribution in [1.29, 1.82) is 0 Å². The monoisotopic (exact) mass is 356 g/mol. The van der Waals surface area contributed by atoms with Gasteiger partial charge in [0.05, 0.1) is 17.9 Å². The van der Waals surface area contributed by atoms with E-state index in [0.29, 0.717) is 12.2 Å². The Hall–Kier alpha value is -1.64. The zero-order chi connectivity index (χ0) is 14.6. The molecule has 106 valence electrons. The maximum Gasteiger partial charge on any atom is 0.296 e. The lowest BCUT2D eigenvalue weighted by Gasteiger charge is -2.09. The maximum absolute atomic E-state index is 11.0. The first-order valence-corrected chi connectivity index (χ1v) is 8.01. The number of nitrogens with zero attached hydrogens (tertiary/aromatic N) is 1. The Morgan fingerprint density at radius 3 is 2.60 bits per heavy atom. The molecular weight excluding hydrogens is 344 g/mol. The molecule has 1 aromatic heterocycles. The van der Waals surface area contributed by atoms with Crippen LogP contribution >= 0.6 is 15.9 Å². The van der Waals surface area contributed by atoms with Crippen LogP contribution in [0.1, 0.15) is 5.69 Å². The summed E-state index contributed by atoms with van der Waals surface area (Å²) in [4.78, 5) is 4.23. The van der Waals surface area contributed by atoms with E-state index in [1.54, 1.807) is 24.4 Å². The molecule has 2 rings (SSSR count). The van der Waals surface area contributed by atoms with Crippen LogP contribution in [0.15, 0.2) is 47.1 Å². The van der Waals surface area contributed by atoms with Gasteiger partial charge in [0, 0.05) is 16.4 Å². The Balaban J connectivity index is 2.03. The van der Waals surface area contributed by atoms with Gasteiger partial charge >= 0.3 is 0 Å². The third-order valence-corrected chi connectivity index (χ3v) is 3.37. The second-order valence-electron chi connectivity index (χ2n) is 4.05. The maximum atomic E-state index is 11.0. The SMILES string of the molecule is NS(=O)(=O)Nc1cccc(NCc2ccc(Br)cn2)c1. The average molecular weight is 357 g/mol. The number of pyridine rings is 1. The highest BCUT2D eigenvalue weighted by Crippen LogP contribution is 2.16. The molecule has 0 aliphatic heterocycles. The standard InChI is InChI=1S/C12H13BrN4O2S/c13-9-4-5-12(15-7-9)8-16-10-2-1-3-11(6-10)17-20(14,18)19/h1-7,16-17H,8H2,(H2,14,18,19). The van der Waals surface area contributed by atoms with E-state index in [1.165, 1.54) is 0 Å². The van der Waals surface area contributed by atoms with Crippen LogP contribution in [0.2, 0.25) is 0 Å². The Labute approximate surface area is 125 Å². The molecule has 0 saturated heterocycles. The lowest BCUT2D eigenvalue weighted by Crippen LogP contribution is -2.21. The van der Waals surface area contributed by atoms with Crippen LogP contribution < -0.4 is 15.2 Å². The molecule has 6 nitrogen and oxygen atoms in total. The van der Waals surface area contributed by atoms with Gasteiger partial charge in [-0.25, -0.2) is 5.14 Å². The molecular formula is C12H13BrN4O2S. The van der Waals surface area contributed by atoms with Gasteiger partial charge in [0.25, 0.3) is 10.2 Å². The van der Waals surface area contributed by atoms with Crippen molar-refractivity contribution < 1.29 is 8.42 Å². The van der Waals surface area contributed by atoms with Gasteiger partial charge in [-0.15, -0.1) is 0 Å². The van der Waals surface area contributed by atoms with Crippen LogP contribution in [0.3, 0.4) is 0 Å². The molecule has 20 heavy (non-hydrogen) atoms. The fourth-order valence-electron chi connectivity index (χ4n) is 1.56. The Morgan fingerprint density at radius 2 is 1.95 bits per heavy atom. The predicted molar refractivity (Wildman–Crippen MR) is 82.4 cm³/mol. The summed E-state index contributed by atoms with van der Waals surface area (Å²) >= 11 is 3.32. The van der Waals surface area contributed by atoms with E-state index in [0.717, 1.165) is 15.9 Å². The number of hydrogen-bond donors (Lipinski definition) is 3. The lowest BCUT2D eigenvalue weighted by atomic mass is 10.2. The second-order valence-corrected chi connectivity index (χ2v) is 6.26. The van der Waals surface area contributed by atoms with E-state index in [2.05, 4.69) is 31.0 Å². The molecule has 0 aliphatic rings. The highest BCUT2D eigenvalue weighted by atomic mass is 79.9. The summed E-state index contributed by atoms with van der Waals surface area (Å²) in [5.74, 6) is 0. The van der Waals surface area contributed by atoms with Crippen LogP contribution in [0, 0.1) is 0 Å². The molecule has 1 aromatic carbocycles. The van der Waals surface area contributed by atoms with Gasteiger partial charge in [-0.3, -0.25) is 9.71 Å². The number of halogens is 1. The van der Waals surface area contributed by atoms with Crippen molar-refractivity contribution in [1.82, 2.24) is 4.98 Å². The summed E-state index contributed by atoms with van der Waals surface area (Å²) in [6, 6.07) is 10.6. The van der Waals surface area contributed by atoms with Crippen LogP contribution in [-0.2, 0) is 16.8 Å². The van der Waals surface area contributed by atoms with Gasteiger partial charge in [0.2, 0.25) is 0 Å². The van der Waals surface area contributed by atoms with Crippen LogP contribution in [0.25, 0.3) is 0 Å². The van der Waals surface area contributed by atoms with Crippen molar-refractivity contribution in [3.05, 3.63) is 52.8 Å². The second kappa shape index (κ2) is 6.21. The van der Waals surface area contributed by atoms with E-state index in [4.69, 9.17) is 5.14 Å². The van der Waals surface area contributed by atoms with Crippen molar-refractivity contribution in [3.8, 4) is 0 Å². The molecule has 0 fully saturated rings. The van der Waals surface area contributed by atoms with Crippen molar-refractivity contribution in [2.24, 2.45) is 5.14 Å². The van der Waals surface area contributed by atoms with Crippen molar-refractivity contribution in [3.63, 3.8) is 0 Å². The number of nitrogens with one attached hydrogen (secondary N) is 2. The third kappa shape index (κ3) is 4.80. The predicted octanol–water partition coefficient (Wildman–Crippen LogP) is 2.07. The largest absolute Gasteiger partial charge is 0.379 e. The number of hydrogen-bond acceptors (Lipinski definition) is 4. The Bertz CT molecular complexity index is 689. The summed E-state index contributed by atoms with van der Waals surface area (Å²) in [5.41, 5.74) is 2.04. The van der Waals surface area contributed by atoms with Gasteiger partial charge in [-0.2, -0.15) is 8.42 Å². The molecule has 0 amide bonds. The first kappa shape index (κ1) is 14.8. The number of nitrogens with two attached hydrogens (primary N) is 1. The van der Waals surface area contributed by atoms with E-state index in [1.807, 2.05) is 18.2 Å². The van der Waals surface area contributed by atoms with E-state index in [9.17, 15) is 8.42 Å². The molecule has 0 aliphatic carbocycles. The first-order valence-electron chi connectivity index (χ1n) is 5.67. The molecule has 0 bridgehead atoms. The number of aromatic nitrogens is 1. The fraction of sp³-hybridized carbons (Fsp3) is 0.0833. The van der Waals surface area contributed by atoms with Gasteiger partial charge in [0.15, 0.2) is 0 Å². The summed E-state index contributed by atoms with van der Waals surface area (Å²) in [7, 11) is -3.76. The van der Waals surface area contributed by atoms with Gasteiger partial charge in [0.1, 0.15) is 0 Å². The quantitative estimate of drug-likeness (QED) is 0.763.